The summed E-state index contributed by atoms with van der Waals surface area (Å²) >= 11 is 6.08. The third-order valence-corrected chi connectivity index (χ3v) is 6.24. The van der Waals surface area contributed by atoms with Gasteiger partial charge in [0.15, 0.2) is 6.10 Å². The zero-order valence-corrected chi connectivity index (χ0v) is 25.6. The van der Waals surface area contributed by atoms with E-state index in [-0.39, 0.29) is 36.1 Å². The van der Waals surface area contributed by atoms with E-state index in [1.54, 1.807) is 6.07 Å². The standard InChI is InChI=1S/C25H25ClN2O8.C5H5NO4/c1-15(29)34-14-35-25(32)21(30)12-20(27-24(31)22-13-23(33-2)28-36-22)10-16-6-8-17(9-7-16)18-4-3-5-19(26)11-18;1-9-4-2-3(5(7)8)10-6-4/h3-9,11,13,20-21,30H,10,12,14H2,1-2H3,(H,27,31);2H,1H3,(H,7,8)/t20-,21-;/m1./s1. The second-order valence-electron chi connectivity index (χ2n) is 9.32. The lowest BCUT2D eigenvalue weighted by atomic mass is 9.97. The summed E-state index contributed by atoms with van der Waals surface area (Å²) in [6.07, 6.45) is -1.48. The summed E-state index contributed by atoms with van der Waals surface area (Å²) in [5.74, 6) is -3.42. The molecule has 0 aliphatic rings. The second-order valence-corrected chi connectivity index (χ2v) is 9.76. The number of rotatable bonds is 13. The van der Waals surface area contributed by atoms with Gasteiger partial charge in [0.1, 0.15) is 0 Å². The summed E-state index contributed by atoms with van der Waals surface area (Å²) in [6.45, 7) is 0.539. The summed E-state index contributed by atoms with van der Waals surface area (Å²) < 4.78 is 28.1. The lowest BCUT2D eigenvalue weighted by Crippen LogP contribution is -2.41. The summed E-state index contributed by atoms with van der Waals surface area (Å²) in [6, 6.07) is 16.8. The van der Waals surface area contributed by atoms with Gasteiger partial charge in [-0.1, -0.05) is 48.0 Å². The highest BCUT2D eigenvalue weighted by atomic mass is 35.5. The number of methoxy groups -OCH3 is 2. The summed E-state index contributed by atoms with van der Waals surface area (Å²) in [7, 11) is 2.76. The fourth-order valence-electron chi connectivity index (χ4n) is 3.79. The van der Waals surface area contributed by atoms with Gasteiger partial charge in [0, 0.05) is 24.4 Å². The molecule has 46 heavy (non-hydrogen) atoms. The molecule has 0 aliphatic carbocycles. The molecule has 244 valence electrons. The Morgan fingerprint density at radius 1 is 0.891 bits per heavy atom. The van der Waals surface area contributed by atoms with Crippen LogP contribution in [0.25, 0.3) is 11.1 Å². The molecule has 2 aromatic carbocycles. The molecule has 2 aromatic heterocycles. The minimum Gasteiger partial charge on any atom is -0.479 e. The van der Waals surface area contributed by atoms with Gasteiger partial charge in [-0.3, -0.25) is 9.59 Å². The van der Waals surface area contributed by atoms with Crippen LogP contribution in [-0.4, -0.2) is 77.5 Å². The number of hydrogen-bond acceptors (Lipinski definition) is 13. The molecule has 0 bridgehead atoms. The molecule has 1 amide bonds. The number of nitrogens with one attached hydrogen (secondary N) is 1. The van der Waals surface area contributed by atoms with Crippen LogP contribution in [-0.2, 0) is 25.5 Å². The molecule has 15 nitrogen and oxygen atoms in total. The van der Waals surface area contributed by atoms with Crippen molar-refractivity contribution >= 4 is 35.4 Å². The van der Waals surface area contributed by atoms with Crippen molar-refractivity contribution in [1.29, 1.82) is 0 Å². The van der Waals surface area contributed by atoms with Gasteiger partial charge < -0.3 is 43.5 Å². The quantitative estimate of drug-likeness (QED) is 0.138. The third-order valence-electron chi connectivity index (χ3n) is 6.00. The molecule has 2 atom stereocenters. The van der Waals surface area contributed by atoms with Crippen molar-refractivity contribution in [2.45, 2.75) is 31.9 Å². The van der Waals surface area contributed by atoms with Crippen LogP contribution in [0.5, 0.6) is 11.8 Å². The third kappa shape index (κ3) is 10.9. The Hall–Kier alpha value is -5.41. The molecule has 0 spiro atoms. The highest BCUT2D eigenvalue weighted by Crippen LogP contribution is 2.24. The molecule has 4 aromatic rings. The zero-order chi connectivity index (χ0) is 33.6. The number of halogens is 1. The molecule has 4 rings (SSSR count). The van der Waals surface area contributed by atoms with Crippen molar-refractivity contribution in [3.05, 3.63) is 82.8 Å². The second kappa shape index (κ2) is 17.2. The van der Waals surface area contributed by atoms with Crippen molar-refractivity contribution in [1.82, 2.24) is 15.6 Å². The van der Waals surface area contributed by atoms with Gasteiger partial charge in [-0.05, 0) is 45.6 Å². The van der Waals surface area contributed by atoms with Crippen molar-refractivity contribution in [3.63, 3.8) is 0 Å². The Kier molecular flexibility index (Phi) is 13.1. The maximum Gasteiger partial charge on any atom is 0.374 e. The normalized spacial score (nSPS) is 11.7. The van der Waals surface area contributed by atoms with Crippen molar-refractivity contribution < 1.29 is 57.4 Å². The number of amides is 1. The number of benzene rings is 2. The van der Waals surface area contributed by atoms with Crippen molar-refractivity contribution in [2.75, 3.05) is 21.0 Å². The van der Waals surface area contributed by atoms with Crippen LogP contribution in [0.4, 0.5) is 0 Å². The van der Waals surface area contributed by atoms with E-state index < -0.39 is 42.8 Å². The number of aromatic carboxylic acids is 1. The number of carboxylic acid groups (broad SMARTS) is 1. The number of aromatic nitrogens is 2. The monoisotopic (exact) mass is 659 g/mol. The number of esters is 2. The Labute approximate surface area is 266 Å². The maximum atomic E-state index is 12.7. The number of carbonyl (C=O) groups is 4. The first-order valence-electron chi connectivity index (χ1n) is 13.4. The van der Waals surface area contributed by atoms with Crippen LogP contribution in [0.2, 0.25) is 5.02 Å². The first kappa shape index (κ1) is 35.1. The van der Waals surface area contributed by atoms with Crippen LogP contribution in [0.1, 0.15) is 40.0 Å². The van der Waals surface area contributed by atoms with Gasteiger partial charge in [-0.25, -0.2) is 9.59 Å². The summed E-state index contributed by atoms with van der Waals surface area (Å²) in [5, 5.41) is 28.9. The SMILES string of the molecule is COc1cc(C(=O)N[C@H](Cc2ccc(-c3cccc(Cl)c3)cc2)C[C@@H](O)C(=O)OCOC(C)=O)on1.COc1cc(C(=O)O)on1. The molecule has 2 heterocycles. The van der Waals surface area contributed by atoms with E-state index in [1.807, 2.05) is 42.5 Å². The summed E-state index contributed by atoms with van der Waals surface area (Å²) in [5.41, 5.74) is 2.73. The predicted molar refractivity (Wildman–Crippen MR) is 158 cm³/mol. The Balaban J connectivity index is 0.000000489. The van der Waals surface area contributed by atoms with Crippen LogP contribution < -0.4 is 14.8 Å². The first-order chi connectivity index (χ1) is 22.0. The van der Waals surface area contributed by atoms with Gasteiger partial charge >= 0.3 is 17.9 Å². The van der Waals surface area contributed by atoms with E-state index >= 15 is 0 Å². The van der Waals surface area contributed by atoms with Crippen LogP contribution >= 0.6 is 11.6 Å². The fourth-order valence-corrected chi connectivity index (χ4v) is 3.98. The molecule has 0 unspecified atom stereocenters. The van der Waals surface area contributed by atoms with Gasteiger partial charge in [0.2, 0.25) is 18.3 Å². The van der Waals surface area contributed by atoms with E-state index in [4.69, 9.17) is 30.7 Å². The molecule has 0 radical (unpaired) electrons. The molecule has 16 heteroatoms. The van der Waals surface area contributed by atoms with E-state index in [0.717, 1.165) is 23.6 Å². The largest absolute Gasteiger partial charge is 0.479 e. The number of aliphatic hydroxyl groups is 1. The molecule has 0 saturated carbocycles. The Morgan fingerprint density at radius 3 is 2.07 bits per heavy atom. The smallest absolute Gasteiger partial charge is 0.374 e. The highest BCUT2D eigenvalue weighted by molar-refractivity contribution is 6.30. The Morgan fingerprint density at radius 2 is 1.52 bits per heavy atom. The van der Waals surface area contributed by atoms with Gasteiger partial charge in [-0.2, -0.15) is 0 Å². The molecule has 0 aliphatic heterocycles. The van der Waals surface area contributed by atoms with E-state index in [0.29, 0.717) is 5.02 Å². The first-order valence-corrected chi connectivity index (χ1v) is 13.7. The van der Waals surface area contributed by atoms with Gasteiger partial charge in [0.25, 0.3) is 17.7 Å². The molecule has 0 fully saturated rings. The number of nitrogens with zero attached hydrogens (tertiary/aromatic N) is 2. The number of hydrogen-bond donors (Lipinski definition) is 3. The van der Waals surface area contributed by atoms with Gasteiger partial charge in [0.05, 0.1) is 26.4 Å². The van der Waals surface area contributed by atoms with E-state index in [1.165, 1.54) is 26.4 Å². The maximum absolute atomic E-state index is 12.7. The van der Waals surface area contributed by atoms with Crippen molar-refractivity contribution in [3.8, 4) is 22.9 Å². The lowest BCUT2D eigenvalue weighted by Gasteiger charge is -2.21. The van der Waals surface area contributed by atoms with E-state index in [2.05, 4.69) is 29.6 Å². The number of carboxylic acids is 1. The number of ether oxygens (including phenoxy) is 4. The number of aliphatic hydroxyl groups excluding tert-OH is 1. The molecule has 3 N–H and O–H groups in total. The fraction of sp³-hybridized carbons (Fsp3) is 0.267. The van der Waals surface area contributed by atoms with Gasteiger partial charge in [-0.15, -0.1) is 0 Å². The lowest BCUT2D eigenvalue weighted by molar-refractivity contribution is -0.172. The Bertz CT molecular complexity index is 1620. The molecular formula is C30H30ClN3O12. The predicted octanol–water partition coefficient (Wildman–Crippen LogP) is 3.54. The average Bonchev–Trinajstić information content (AvgIpc) is 3.72. The van der Waals surface area contributed by atoms with Crippen LogP contribution in [0.3, 0.4) is 0 Å². The zero-order valence-electron chi connectivity index (χ0n) is 24.8. The van der Waals surface area contributed by atoms with Crippen LogP contribution in [0.15, 0.2) is 69.7 Å². The topological polar surface area (TPSA) is 210 Å². The highest BCUT2D eigenvalue weighted by Gasteiger charge is 2.26. The summed E-state index contributed by atoms with van der Waals surface area (Å²) in [4.78, 5) is 45.8. The minimum atomic E-state index is -1.58. The minimum absolute atomic E-state index is 0.0971. The molecular weight excluding hydrogens is 630 g/mol. The van der Waals surface area contributed by atoms with Crippen LogP contribution in [0, 0.1) is 0 Å². The number of carbonyl (C=O) groups excluding carboxylic acids is 3. The van der Waals surface area contributed by atoms with Crippen molar-refractivity contribution in [2.24, 2.45) is 0 Å². The average molecular weight is 660 g/mol. The van der Waals surface area contributed by atoms with E-state index in [9.17, 15) is 24.3 Å². The molecule has 0 saturated heterocycles.